The van der Waals surface area contributed by atoms with Crippen molar-refractivity contribution in [2.45, 2.75) is 65.2 Å². The molecule has 0 aromatic heterocycles. The highest BCUT2D eigenvalue weighted by Gasteiger charge is 2.10. The van der Waals surface area contributed by atoms with Gasteiger partial charge in [0, 0.05) is 0 Å². The van der Waals surface area contributed by atoms with Crippen LogP contribution in [-0.2, 0) is 0 Å². The van der Waals surface area contributed by atoms with Crippen molar-refractivity contribution in [3.63, 3.8) is 0 Å². The van der Waals surface area contributed by atoms with Gasteiger partial charge in [0.05, 0.1) is 13.2 Å². The standard InChI is InChI=1S/C24H34O3/c1-3-5-7-13-19-25-21-15-9-11-17-23(21)27-24-18-12-10-16-22(24)26-20-14-8-6-4-2/h9-12,15-18H,3-8,13-14,19-20H2,1-2H3. The van der Waals surface area contributed by atoms with E-state index in [0.29, 0.717) is 0 Å². The summed E-state index contributed by atoms with van der Waals surface area (Å²) in [6, 6.07) is 15.7. The van der Waals surface area contributed by atoms with E-state index in [1.807, 2.05) is 48.5 Å². The van der Waals surface area contributed by atoms with Crippen LogP contribution in [0.5, 0.6) is 23.0 Å². The highest BCUT2D eigenvalue weighted by Crippen LogP contribution is 2.36. The Morgan fingerprint density at radius 1 is 0.519 bits per heavy atom. The summed E-state index contributed by atoms with van der Waals surface area (Å²) in [7, 11) is 0. The maximum Gasteiger partial charge on any atom is 0.169 e. The van der Waals surface area contributed by atoms with Gasteiger partial charge in [0.1, 0.15) is 0 Å². The van der Waals surface area contributed by atoms with E-state index in [2.05, 4.69) is 13.8 Å². The van der Waals surface area contributed by atoms with Crippen molar-refractivity contribution in [3.8, 4) is 23.0 Å². The molecule has 0 bridgehead atoms. The van der Waals surface area contributed by atoms with Crippen LogP contribution < -0.4 is 14.2 Å². The van der Waals surface area contributed by atoms with E-state index in [1.54, 1.807) is 0 Å². The molecule has 0 fully saturated rings. The topological polar surface area (TPSA) is 27.7 Å². The molecule has 0 aliphatic heterocycles. The molecule has 0 saturated carbocycles. The van der Waals surface area contributed by atoms with Crippen molar-refractivity contribution in [2.75, 3.05) is 13.2 Å². The van der Waals surface area contributed by atoms with Gasteiger partial charge in [0.25, 0.3) is 0 Å². The Morgan fingerprint density at radius 2 is 0.926 bits per heavy atom. The average Bonchev–Trinajstić information content (AvgIpc) is 2.70. The summed E-state index contributed by atoms with van der Waals surface area (Å²) in [4.78, 5) is 0. The van der Waals surface area contributed by atoms with Gasteiger partial charge in [-0.15, -0.1) is 0 Å². The van der Waals surface area contributed by atoms with Gasteiger partial charge < -0.3 is 14.2 Å². The normalized spacial score (nSPS) is 10.6. The summed E-state index contributed by atoms with van der Waals surface area (Å²) in [5.41, 5.74) is 0. The first-order chi connectivity index (χ1) is 13.3. The van der Waals surface area contributed by atoms with Crippen LogP contribution in [0.4, 0.5) is 0 Å². The molecule has 148 valence electrons. The molecule has 2 rings (SSSR count). The molecule has 0 heterocycles. The second kappa shape index (κ2) is 13.1. The highest BCUT2D eigenvalue weighted by molar-refractivity contribution is 5.47. The van der Waals surface area contributed by atoms with Gasteiger partial charge in [0.15, 0.2) is 23.0 Å². The Morgan fingerprint density at radius 3 is 1.33 bits per heavy atom. The SMILES string of the molecule is CCCCCCOc1ccccc1Oc1ccccc1OCCCCCC. The van der Waals surface area contributed by atoms with Crippen molar-refractivity contribution >= 4 is 0 Å². The zero-order chi connectivity index (χ0) is 19.2. The molecule has 0 unspecified atom stereocenters. The number of ether oxygens (including phenoxy) is 3. The van der Waals surface area contributed by atoms with Gasteiger partial charge in [-0.05, 0) is 37.1 Å². The molecule has 3 nitrogen and oxygen atoms in total. The minimum absolute atomic E-state index is 0.718. The third-order valence-electron chi connectivity index (χ3n) is 4.43. The maximum absolute atomic E-state index is 6.15. The van der Waals surface area contributed by atoms with Gasteiger partial charge in [-0.1, -0.05) is 76.6 Å². The summed E-state index contributed by atoms with van der Waals surface area (Å²) < 4.78 is 18.1. The van der Waals surface area contributed by atoms with Crippen molar-refractivity contribution in [1.82, 2.24) is 0 Å². The lowest BCUT2D eigenvalue weighted by molar-refractivity contribution is 0.279. The Labute approximate surface area is 164 Å². The van der Waals surface area contributed by atoms with Crippen molar-refractivity contribution < 1.29 is 14.2 Å². The number of hydrogen-bond acceptors (Lipinski definition) is 3. The summed E-state index contributed by atoms with van der Waals surface area (Å²) in [5.74, 6) is 3.03. The summed E-state index contributed by atoms with van der Waals surface area (Å²) >= 11 is 0. The number of unbranched alkanes of at least 4 members (excludes halogenated alkanes) is 6. The lowest BCUT2D eigenvalue weighted by Crippen LogP contribution is -2.01. The van der Waals surface area contributed by atoms with Gasteiger partial charge >= 0.3 is 0 Å². The highest BCUT2D eigenvalue weighted by atomic mass is 16.5. The molecule has 3 heteroatoms. The van der Waals surface area contributed by atoms with E-state index in [1.165, 1.54) is 38.5 Å². The molecule has 2 aromatic carbocycles. The molecule has 0 aliphatic rings. The second-order valence-corrected chi connectivity index (χ2v) is 6.81. The van der Waals surface area contributed by atoms with E-state index in [0.717, 1.165) is 49.1 Å². The predicted octanol–water partition coefficient (Wildman–Crippen LogP) is 7.40. The van der Waals surface area contributed by atoms with Crippen LogP contribution in [-0.4, -0.2) is 13.2 Å². The molecule has 27 heavy (non-hydrogen) atoms. The Hall–Kier alpha value is -2.16. The van der Waals surface area contributed by atoms with Crippen LogP contribution in [0.2, 0.25) is 0 Å². The molecular formula is C24H34O3. The molecule has 0 N–H and O–H groups in total. The predicted molar refractivity (Wildman–Crippen MR) is 112 cm³/mol. The molecule has 2 aromatic rings. The maximum atomic E-state index is 6.15. The summed E-state index contributed by atoms with van der Waals surface area (Å²) in [6.45, 7) is 5.87. The van der Waals surface area contributed by atoms with Crippen LogP contribution in [0.1, 0.15) is 65.2 Å². The first-order valence-corrected chi connectivity index (χ1v) is 10.5. The second-order valence-electron chi connectivity index (χ2n) is 6.81. The number of para-hydroxylation sites is 4. The van der Waals surface area contributed by atoms with Gasteiger partial charge in [-0.3, -0.25) is 0 Å². The number of hydrogen-bond donors (Lipinski definition) is 0. The Bertz CT molecular complexity index is 584. The van der Waals surface area contributed by atoms with Gasteiger partial charge in [-0.2, -0.15) is 0 Å². The van der Waals surface area contributed by atoms with Crippen LogP contribution in [0.15, 0.2) is 48.5 Å². The molecule has 0 atom stereocenters. The quantitative estimate of drug-likeness (QED) is 0.324. The summed E-state index contributed by atoms with van der Waals surface area (Å²) in [6.07, 6.45) is 9.51. The minimum atomic E-state index is 0.718. The molecule has 0 aliphatic carbocycles. The van der Waals surface area contributed by atoms with E-state index in [4.69, 9.17) is 14.2 Å². The smallest absolute Gasteiger partial charge is 0.169 e. The summed E-state index contributed by atoms with van der Waals surface area (Å²) in [5, 5.41) is 0. The lowest BCUT2D eigenvalue weighted by Gasteiger charge is -2.15. The van der Waals surface area contributed by atoms with Crippen LogP contribution in [0.25, 0.3) is 0 Å². The third kappa shape index (κ3) is 7.94. The Balaban J connectivity index is 1.94. The first kappa shape index (κ1) is 21.1. The molecular weight excluding hydrogens is 336 g/mol. The number of rotatable bonds is 14. The molecule has 0 radical (unpaired) electrons. The van der Waals surface area contributed by atoms with E-state index in [9.17, 15) is 0 Å². The van der Waals surface area contributed by atoms with Crippen LogP contribution >= 0.6 is 0 Å². The fourth-order valence-corrected chi connectivity index (χ4v) is 2.85. The monoisotopic (exact) mass is 370 g/mol. The van der Waals surface area contributed by atoms with Crippen LogP contribution in [0, 0.1) is 0 Å². The zero-order valence-electron chi connectivity index (χ0n) is 16.9. The van der Waals surface area contributed by atoms with E-state index in [-0.39, 0.29) is 0 Å². The van der Waals surface area contributed by atoms with Crippen LogP contribution in [0.3, 0.4) is 0 Å². The van der Waals surface area contributed by atoms with Crippen molar-refractivity contribution in [2.24, 2.45) is 0 Å². The molecule has 0 spiro atoms. The fraction of sp³-hybridized carbons (Fsp3) is 0.500. The molecule has 0 saturated heterocycles. The fourth-order valence-electron chi connectivity index (χ4n) is 2.85. The molecule has 0 amide bonds. The zero-order valence-corrected chi connectivity index (χ0v) is 16.9. The largest absolute Gasteiger partial charge is 0.490 e. The minimum Gasteiger partial charge on any atom is -0.490 e. The average molecular weight is 371 g/mol. The van der Waals surface area contributed by atoms with Gasteiger partial charge in [-0.25, -0.2) is 0 Å². The number of benzene rings is 2. The lowest BCUT2D eigenvalue weighted by atomic mass is 10.2. The first-order valence-electron chi connectivity index (χ1n) is 10.5. The van der Waals surface area contributed by atoms with E-state index < -0.39 is 0 Å². The van der Waals surface area contributed by atoms with E-state index >= 15 is 0 Å². The van der Waals surface area contributed by atoms with Crippen molar-refractivity contribution in [3.05, 3.63) is 48.5 Å². The third-order valence-corrected chi connectivity index (χ3v) is 4.43. The van der Waals surface area contributed by atoms with Crippen molar-refractivity contribution in [1.29, 1.82) is 0 Å². The van der Waals surface area contributed by atoms with Gasteiger partial charge in [0.2, 0.25) is 0 Å². The Kier molecular flexibility index (Phi) is 10.2.